The minimum Gasteiger partial charge on any atom is -0.377 e. The Labute approximate surface area is 107 Å². The predicted octanol–water partition coefficient (Wildman–Crippen LogP) is 3.50. The van der Waals surface area contributed by atoms with E-state index in [4.69, 9.17) is 4.74 Å². The molecule has 1 N–H and O–H groups in total. The quantitative estimate of drug-likeness (QED) is 0.766. The third-order valence-corrected chi connectivity index (χ3v) is 4.91. The van der Waals surface area contributed by atoms with Gasteiger partial charge in [-0.2, -0.15) is 0 Å². The Morgan fingerprint density at radius 2 is 1.88 bits per heavy atom. The van der Waals surface area contributed by atoms with Gasteiger partial charge in [0.2, 0.25) is 0 Å². The van der Waals surface area contributed by atoms with Crippen LogP contribution in [0.25, 0.3) is 0 Å². The molecule has 0 aliphatic heterocycles. The topological polar surface area (TPSA) is 21.3 Å². The summed E-state index contributed by atoms with van der Waals surface area (Å²) in [7, 11) is 1.94. The van der Waals surface area contributed by atoms with Gasteiger partial charge in [0, 0.05) is 13.2 Å². The minimum atomic E-state index is 0.151. The van der Waals surface area contributed by atoms with Crippen LogP contribution in [0.3, 0.4) is 0 Å². The fourth-order valence-corrected chi connectivity index (χ4v) is 3.65. The highest BCUT2D eigenvalue weighted by Crippen LogP contribution is 2.42. The van der Waals surface area contributed by atoms with E-state index in [1.165, 1.54) is 57.8 Å². The highest BCUT2D eigenvalue weighted by atomic mass is 16.5. The third-order valence-electron chi connectivity index (χ3n) is 4.91. The number of ether oxygens (including phenoxy) is 1. The first-order valence-electron chi connectivity index (χ1n) is 7.61. The van der Waals surface area contributed by atoms with Crippen molar-refractivity contribution in [3.05, 3.63) is 0 Å². The van der Waals surface area contributed by atoms with Crippen LogP contribution in [0.15, 0.2) is 0 Å². The summed E-state index contributed by atoms with van der Waals surface area (Å²) in [4.78, 5) is 0. The van der Waals surface area contributed by atoms with Gasteiger partial charge in [-0.25, -0.2) is 0 Å². The molecule has 2 aliphatic carbocycles. The van der Waals surface area contributed by atoms with Crippen LogP contribution in [0.5, 0.6) is 0 Å². The average Bonchev–Trinajstić information content (AvgIpc) is 2.33. The second-order valence-electron chi connectivity index (χ2n) is 5.95. The molecule has 2 rings (SSSR count). The van der Waals surface area contributed by atoms with Crippen LogP contribution in [0, 0.1) is 5.92 Å². The maximum atomic E-state index is 6.03. The smallest absolute Gasteiger partial charge is 0.0833 e. The molecule has 100 valence electrons. The van der Waals surface area contributed by atoms with Crippen LogP contribution in [-0.4, -0.2) is 25.3 Å². The third kappa shape index (κ3) is 2.85. The first-order chi connectivity index (χ1) is 8.32. The Morgan fingerprint density at radius 1 is 1.18 bits per heavy atom. The van der Waals surface area contributed by atoms with Gasteiger partial charge >= 0.3 is 0 Å². The van der Waals surface area contributed by atoms with Gasteiger partial charge in [-0.1, -0.05) is 32.6 Å². The zero-order chi connectivity index (χ0) is 12.1. The van der Waals surface area contributed by atoms with E-state index in [0.717, 1.165) is 12.5 Å². The molecule has 2 saturated carbocycles. The van der Waals surface area contributed by atoms with E-state index in [-0.39, 0.29) is 5.60 Å². The van der Waals surface area contributed by atoms with Gasteiger partial charge in [-0.3, -0.25) is 0 Å². The zero-order valence-corrected chi connectivity index (χ0v) is 11.6. The Kier molecular flexibility index (Phi) is 4.87. The Hall–Kier alpha value is -0.0800. The second kappa shape index (κ2) is 6.19. The molecule has 1 unspecified atom stereocenters. The molecule has 1 atom stereocenters. The van der Waals surface area contributed by atoms with Gasteiger partial charge in [0.1, 0.15) is 0 Å². The molecule has 0 aromatic rings. The number of methoxy groups -OCH3 is 1. The fraction of sp³-hybridized carbons (Fsp3) is 1.00. The molecule has 0 spiro atoms. The molecule has 0 aromatic heterocycles. The van der Waals surface area contributed by atoms with Crippen molar-refractivity contribution in [2.24, 2.45) is 5.92 Å². The zero-order valence-electron chi connectivity index (χ0n) is 11.6. The van der Waals surface area contributed by atoms with Crippen LogP contribution >= 0.6 is 0 Å². The summed E-state index contributed by atoms with van der Waals surface area (Å²) in [5.41, 5.74) is 0.151. The first kappa shape index (κ1) is 13.4. The molecule has 0 heterocycles. The van der Waals surface area contributed by atoms with E-state index >= 15 is 0 Å². The van der Waals surface area contributed by atoms with Gasteiger partial charge in [0.25, 0.3) is 0 Å². The molecule has 0 bridgehead atoms. The van der Waals surface area contributed by atoms with Gasteiger partial charge in [0.05, 0.1) is 5.60 Å². The van der Waals surface area contributed by atoms with Crippen molar-refractivity contribution >= 4 is 0 Å². The van der Waals surface area contributed by atoms with Gasteiger partial charge in [0.15, 0.2) is 0 Å². The normalized spacial score (nSPS) is 26.5. The van der Waals surface area contributed by atoms with Gasteiger partial charge in [-0.05, 0) is 44.6 Å². The lowest BCUT2D eigenvalue weighted by molar-refractivity contribution is -0.0902. The van der Waals surface area contributed by atoms with E-state index < -0.39 is 0 Å². The van der Waals surface area contributed by atoms with Gasteiger partial charge in [-0.15, -0.1) is 0 Å². The van der Waals surface area contributed by atoms with Crippen LogP contribution in [-0.2, 0) is 4.74 Å². The molecule has 2 fully saturated rings. The Balaban J connectivity index is 2.04. The van der Waals surface area contributed by atoms with Gasteiger partial charge < -0.3 is 10.1 Å². The van der Waals surface area contributed by atoms with Crippen molar-refractivity contribution in [2.45, 2.75) is 76.4 Å². The standard InChI is InChI=1S/C15H29NO/c1-3-12-16-14(13-8-7-9-13)15(17-2)10-5-4-6-11-15/h13-14,16H,3-12H2,1-2H3. The number of rotatable bonds is 6. The maximum Gasteiger partial charge on any atom is 0.0833 e. The van der Waals surface area contributed by atoms with E-state index in [1.54, 1.807) is 0 Å². The lowest BCUT2D eigenvalue weighted by Gasteiger charge is -2.48. The van der Waals surface area contributed by atoms with Crippen LogP contribution in [0.1, 0.15) is 64.7 Å². The molecule has 2 heteroatoms. The summed E-state index contributed by atoms with van der Waals surface area (Å²) in [5.74, 6) is 0.875. The van der Waals surface area contributed by atoms with Crippen molar-refractivity contribution < 1.29 is 4.74 Å². The van der Waals surface area contributed by atoms with Crippen LogP contribution < -0.4 is 5.32 Å². The number of hydrogen-bond acceptors (Lipinski definition) is 2. The SMILES string of the molecule is CCCNC(C1CCC1)C1(OC)CCCCC1. The summed E-state index contributed by atoms with van der Waals surface area (Å²) in [5, 5.41) is 3.81. The minimum absolute atomic E-state index is 0.151. The van der Waals surface area contributed by atoms with E-state index in [0.29, 0.717) is 6.04 Å². The summed E-state index contributed by atoms with van der Waals surface area (Å²) in [6.07, 6.45) is 12.1. The Morgan fingerprint density at radius 3 is 2.35 bits per heavy atom. The van der Waals surface area contributed by atoms with E-state index in [1.807, 2.05) is 7.11 Å². The van der Waals surface area contributed by atoms with Crippen molar-refractivity contribution in [3.63, 3.8) is 0 Å². The summed E-state index contributed by atoms with van der Waals surface area (Å²) >= 11 is 0. The molecule has 0 radical (unpaired) electrons. The van der Waals surface area contributed by atoms with E-state index in [9.17, 15) is 0 Å². The van der Waals surface area contributed by atoms with Crippen LogP contribution in [0.2, 0.25) is 0 Å². The van der Waals surface area contributed by atoms with E-state index in [2.05, 4.69) is 12.2 Å². The molecule has 2 nitrogen and oxygen atoms in total. The van der Waals surface area contributed by atoms with Crippen LogP contribution in [0.4, 0.5) is 0 Å². The summed E-state index contributed by atoms with van der Waals surface area (Å²) in [6, 6.07) is 0.612. The average molecular weight is 239 g/mol. The van der Waals surface area contributed by atoms with Crippen molar-refractivity contribution in [1.29, 1.82) is 0 Å². The number of hydrogen-bond donors (Lipinski definition) is 1. The molecular formula is C15H29NO. The second-order valence-corrected chi connectivity index (χ2v) is 5.95. The Bertz CT molecular complexity index is 219. The monoisotopic (exact) mass is 239 g/mol. The highest BCUT2D eigenvalue weighted by Gasteiger charge is 2.44. The largest absolute Gasteiger partial charge is 0.377 e. The predicted molar refractivity (Wildman–Crippen MR) is 72.2 cm³/mol. The summed E-state index contributed by atoms with van der Waals surface area (Å²) < 4.78 is 6.03. The lowest BCUT2D eigenvalue weighted by atomic mass is 9.68. The molecule has 2 aliphatic rings. The molecule has 0 saturated heterocycles. The molecule has 0 amide bonds. The van der Waals surface area contributed by atoms with Crippen molar-refractivity contribution in [2.75, 3.05) is 13.7 Å². The molecule has 0 aromatic carbocycles. The highest BCUT2D eigenvalue weighted by molar-refractivity contribution is 5.00. The molecular weight excluding hydrogens is 210 g/mol. The van der Waals surface area contributed by atoms with Crippen molar-refractivity contribution in [3.8, 4) is 0 Å². The number of nitrogens with one attached hydrogen (secondary N) is 1. The first-order valence-corrected chi connectivity index (χ1v) is 7.61. The van der Waals surface area contributed by atoms with Crippen molar-refractivity contribution in [1.82, 2.24) is 5.32 Å². The maximum absolute atomic E-state index is 6.03. The lowest BCUT2D eigenvalue weighted by Crippen LogP contribution is -2.58. The fourth-order valence-electron chi connectivity index (χ4n) is 3.65. The summed E-state index contributed by atoms with van der Waals surface area (Å²) in [6.45, 7) is 3.40. The molecule has 17 heavy (non-hydrogen) atoms.